The summed E-state index contributed by atoms with van der Waals surface area (Å²) in [5.74, 6) is 0.435. The molecule has 2 amide bonds. The SMILES string of the molecule is CCC(=O)NC(C(=O)N(C)CCC1CCN(c2ccncc2)CC1)c1ccccc1. The van der Waals surface area contributed by atoms with Gasteiger partial charge >= 0.3 is 0 Å². The zero-order valence-electron chi connectivity index (χ0n) is 18.0. The van der Waals surface area contributed by atoms with Crippen LogP contribution in [0.3, 0.4) is 0 Å². The first kappa shape index (κ1) is 21.8. The third-order valence-electron chi connectivity index (χ3n) is 5.90. The summed E-state index contributed by atoms with van der Waals surface area (Å²) in [4.78, 5) is 33.3. The van der Waals surface area contributed by atoms with Crippen molar-refractivity contribution in [3.8, 4) is 0 Å². The molecular formula is C24H32N4O2. The van der Waals surface area contributed by atoms with Gasteiger partial charge in [-0.15, -0.1) is 0 Å². The molecule has 0 aliphatic carbocycles. The van der Waals surface area contributed by atoms with Crippen LogP contribution in [0.2, 0.25) is 0 Å². The standard InChI is InChI=1S/C24H32N4O2/c1-3-22(29)26-23(20-7-5-4-6-8-20)24(30)27(2)16-11-19-12-17-28(18-13-19)21-9-14-25-15-10-21/h4-10,14-15,19,23H,3,11-13,16-18H2,1-2H3,(H,26,29). The van der Waals surface area contributed by atoms with E-state index in [1.54, 1.807) is 11.8 Å². The van der Waals surface area contributed by atoms with Crippen LogP contribution in [0, 0.1) is 5.92 Å². The molecule has 30 heavy (non-hydrogen) atoms. The minimum atomic E-state index is -0.628. The van der Waals surface area contributed by atoms with E-state index in [4.69, 9.17) is 0 Å². The molecule has 6 nitrogen and oxygen atoms in total. The highest BCUT2D eigenvalue weighted by molar-refractivity contribution is 5.88. The summed E-state index contributed by atoms with van der Waals surface area (Å²) in [5, 5.41) is 2.88. The van der Waals surface area contributed by atoms with Crippen molar-refractivity contribution in [2.45, 2.75) is 38.6 Å². The second-order valence-electron chi connectivity index (χ2n) is 7.95. The lowest BCUT2D eigenvalue weighted by Gasteiger charge is -2.34. The molecular weight excluding hydrogens is 376 g/mol. The highest BCUT2D eigenvalue weighted by Gasteiger charge is 2.26. The fourth-order valence-corrected chi connectivity index (χ4v) is 3.94. The van der Waals surface area contributed by atoms with Gasteiger partial charge in [0.25, 0.3) is 0 Å². The van der Waals surface area contributed by atoms with E-state index in [0.29, 0.717) is 18.9 Å². The van der Waals surface area contributed by atoms with E-state index in [0.717, 1.165) is 37.9 Å². The van der Waals surface area contributed by atoms with E-state index in [2.05, 4.69) is 27.3 Å². The number of carbonyl (C=O) groups is 2. The molecule has 3 rings (SSSR count). The fourth-order valence-electron chi connectivity index (χ4n) is 3.94. The number of rotatable bonds is 8. The number of amides is 2. The van der Waals surface area contributed by atoms with Crippen LogP contribution in [-0.2, 0) is 9.59 Å². The predicted molar refractivity (Wildman–Crippen MR) is 119 cm³/mol. The Kier molecular flexibility index (Phi) is 7.82. The highest BCUT2D eigenvalue weighted by Crippen LogP contribution is 2.25. The largest absolute Gasteiger partial charge is 0.371 e. The number of hydrogen-bond donors (Lipinski definition) is 1. The number of anilines is 1. The maximum absolute atomic E-state index is 13.1. The quantitative estimate of drug-likeness (QED) is 0.727. The van der Waals surface area contributed by atoms with Gasteiger partial charge in [0.1, 0.15) is 6.04 Å². The van der Waals surface area contributed by atoms with Crippen LogP contribution in [0.4, 0.5) is 5.69 Å². The van der Waals surface area contributed by atoms with Crippen molar-refractivity contribution in [1.82, 2.24) is 15.2 Å². The van der Waals surface area contributed by atoms with Gasteiger partial charge in [-0.3, -0.25) is 14.6 Å². The fraction of sp³-hybridized carbons (Fsp3) is 0.458. The van der Waals surface area contributed by atoms with Gasteiger partial charge < -0.3 is 15.1 Å². The van der Waals surface area contributed by atoms with Crippen LogP contribution in [0.25, 0.3) is 0 Å². The minimum absolute atomic E-state index is 0.0581. The molecule has 1 atom stereocenters. The number of pyridine rings is 1. The molecule has 1 saturated heterocycles. The topological polar surface area (TPSA) is 65.5 Å². The van der Waals surface area contributed by atoms with E-state index < -0.39 is 6.04 Å². The molecule has 1 aromatic heterocycles. The normalized spacial score (nSPS) is 15.5. The number of nitrogens with one attached hydrogen (secondary N) is 1. The minimum Gasteiger partial charge on any atom is -0.371 e. The van der Waals surface area contributed by atoms with Gasteiger partial charge in [0.05, 0.1) is 0 Å². The molecule has 1 aliphatic rings. The van der Waals surface area contributed by atoms with Crippen LogP contribution < -0.4 is 10.2 Å². The summed E-state index contributed by atoms with van der Waals surface area (Å²) in [6.45, 7) is 4.56. The molecule has 6 heteroatoms. The van der Waals surface area contributed by atoms with Gasteiger partial charge in [0.15, 0.2) is 0 Å². The predicted octanol–water partition coefficient (Wildman–Crippen LogP) is 3.41. The maximum atomic E-state index is 13.1. The van der Waals surface area contributed by atoms with Crippen LogP contribution in [-0.4, -0.2) is 48.4 Å². The maximum Gasteiger partial charge on any atom is 0.249 e. The first-order valence-electron chi connectivity index (χ1n) is 10.8. The van der Waals surface area contributed by atoms with Gasteiger partial charge in [-0.2, -0.15) is 0 Å². The number of piperidine rings is 1. The average molecular weight is 409 g/mol. The van der Waals surface area contributed by atoms with Crippen molar-refractivity contribution in [2.75, 3.05) is 31.6 Å². The third kappa shape index (κ3) is 5.81. The van der Waals surface area contributed by atoms with Crippen molar-refractivity contribution in [2.24, 2.45) is 5.92 Å². The van der Waals surface area contributed by atoms with Crippen molar-refractivity contribution < 1.29 is 9.59 Å². The molecule has 160 valence electrons. The van der Waals surface area contributed by atoms with Crippen LogP contribution in [0.5, 0.6) is 0 Å². The van der Waals surface area contributed by atoms with Gasteiger partial charge in [-0.25, -0.2) is 0 Å². The summed E-state index contributed by atoms with van der Waals surface area (Å²) in [5.41, 5.74) is 2.05. The van der Waals surface area contributed by atoms with E-state index in [1.165, 1.54) is 5.69 Å². The van der Waals surface area contributed by atoms with Gasteiger partial charge in [0, 0.05) is 51.2 Å². The zero-order chi connectivity index (χ0) is 21.3. The van der Waals surface area contributed by atoms with Crippen LogP contribution in [0.15, 0.2) is 54.9 Å². The Hall–Kier alpha value is -2.89. The second-order valence-corrected chi connectivity index (χ2v) is 7.95. The second kappa shape index (κ2) is 10.8. The van der Waals surface area contributed by atoms with Crippen molar-refractivity contribution in [3.05, 3.63) is 60.4 Å². The van der Waals surface area contributed by atoms with E-state index in [1.807, 2.05) is 49.8 Å². The van der Waals surface area contributed by atoms with Gasteiger partial charge in [-0.1, -0.05) is 37.3 Å². The zero-order valence-corrected chi connectivity index (χ0v) is 18.0. The molecule has 2 aromatic rings. The Morgan fingerprint density at radius 3 is 2.43 bits per heavy atom. The van der Waals surface area contributed by atoms with Crippen LogP contribution >= 0.6 is 0 Å². The Balaban J connectivity index is 1.52. The number of carbonyl (C=O) groups excluding carboxylic acids is 2. The smallest absolute Gasteiger partial charge is 0.249 e. The molecule has 1 N–H and O–H groups in total. The molecule has 1 aliphatic heterocycles. The number of benzene rings is 1. The number of likely N-dealkylation sites (N-methyl/N-ethyl adjacent to an activating group) is 1. The summed E-state index contributed by atoms with van der Waals surface area (Å²) in [6, 6.07) is 13.0. The lowest BCUT2D eigenvalue weighted by molar-refractivity contribution is -0.135. The Bertz CT molecular complexity index is 804. The molecule has 0 radical (unpaired) electrons. The lowest BCUT2D eigenvalue weighted by Crippen LogP contribution is -2.42. The number of hydrogen-bond acceptors (Lipinski definition) is 4. The van der Waals surface area contributed by atoms with Gasteiger partial charge in [-0.05, 0) is 42.9 Å². The Labute approximate surface area is 179 Å². The number of aromatic nitrogens is 1. The van der Waals surface area contributed by atoms with Crippen molar-refractivity contribution >= 4 is 17.5 Å². The first-order valence-corrected chi connectivity index (χ1v) is 10.8. The summed E-state index contributed by atoms with van der Waals surface area (Å²) in [6.07, 6.45) is 7.26. The van der Waals surface area contributed by atoms with Gasteiger partial charge in [0.2, 0.25) is 11.8 Å². The third-order valence-corrected chi connectivity index (χ3v) is 5.90. The number of nitrogens with zero attached hydrogens (tertiary/aromatic N) is 3. The Morgan fingerprint density at radius 2 is 1.80 bits per heavy atom. The molecule has 0 bridgehead atoms. The lowest BCUT2D eigenvalue weighted by atomic mass is 9.93. The highest BCUT2D eigenvalue weighted by atomic mass is 16.2. The summed E-state index contributed by atoms with van der Waals surface area (Å²) in [7, 11) is 1.84. The monoisotopic (exact) mass is 408 g/mol. The summed E-state index contributed by atoms with van der Waals surface area (Å²) >= 11 is 0. The van der Waals surface area contributed by atoms with E-state index >= 15 is 0 Å². The molecule has 1 aromatic carbocycles. The molecule has 1 fully saturated rings. The van der Waals surface area contributed by atoms with E-state index in [9.17, 15) is 9.59 Å². The van der Waals surface area contributed by atoms with Crippen molar-refractivity contribution in [3.63, 3.8) is 0 Å². The first-order chi connectivity index (χ1) is 14.6. The molecule has 1 unspecified atom stereocenters. The molecule has 2 heterocycles. The average Bonchev–Trinajstić information content (AvgIpc) is 2.81. The molecule has 0 spiro atoms. The molecule has 0 saturated carbocycles. The van der Waals surface area contributed by atoms with Crippen molar-refractivity contribution in [1.29, 1.82) is 0 Å². The van der Waals surface area contributed by atoms with E-state index in [-0.39, 0.29) is 11.8 Å². The Morgan fingerprint density at radius 1 is 1.13 bits per heavy atom. The summed E-state index contributed by atoms with van der Waals surface area (Å²) < 4.78 is 0. The van der Waals surface area contributed by atoms with Crippen LogP contribution in [0.1, 0.15) is 44.2 Å².